The number of aryl methyl sites for hydroxylation is 1. The summed E-state index contributed by atoms with van der Waals surface area (Å²) in [6.45, 7) is 2.26. The molecule has 2 rings (SSSR count). The number of thiophene rings is 1. The maximum absolute atomic E-state index is 11.4. The van der Waals surface area contributed by atoms with E-state index in [-0.39, 0.29) is 4.90 Å². The number of benzene rings is 1. The molecule has 0 bridgehead atoms. The van der Waals surface area contributed by atoms with E-state index in [4.69, 9.17) is 10.9 Å². The number of nitrogen functional groups attached to an aromatic ring is 1. The topological polar surface area (TPSA) is 98.2 Å². The Labute approximate surface area is 116 Å². The Morgan fingerprint density at radius 1 is 1.32 bits per heavy atom. The lowest BCUT2D eigenvalue weighted by Crippen LogP contribution is -2.14. The molecule has 1 heterocycles. The molecular formula is C12H15N3O2S2. The second kappa shape index (κ2) is 5.20. The van der Waals surface area contributed by atoms with Gasteiger partial charge in [-0.15, -0.1) is 11.3 Å². The molecule has 0 fully saturated rings. The van der Waals surface area contributed by atoms with Crippen molar-refractivity contribution in [2.45, 2.75) is 18.4 Å². The van der Waals surface area contributed by atoms with E-state index in [9.17, 15) is 8.42 Å². The van der Waals surface area contributed by atoms with Gasteiger partial charge in [-0.25, -0.2) is 13.6 Å². The van der Waals surface area contributed by atoms with Crippen LogP contribution in [0, 0.1) is 6.92 Å². The van der Waals surface area contributed by atoms with Gasteiger partial charge in [-0.2, -0.15) is 0 Å². The van der Waals surface area contributed by atoms with Crippen molar-refractivity contribution in [1.82, 2.24) is 0 Å². The van der Waals surface area contributed by atoms with Crippen LogP contribution in [-0.2, 0) is 16.6 Å². The molecule has 0 atom stereocenters. The second-order valence-electron chi connectivity index (χ2n) is 4.18. The summed E-state index contributed by atoms with van der Waals surface area (Å²) in [4.78, 5) is 1.15. The van der Waals surface area contributed by atoms with Gasteiger partial charge in [0.15, 0.2) is 0 Å². The van der Waals surface area contributed by atoms with Crippen LogP contribution >= 0.6 is 11.3 Å². The quantitative estimate of drug-likeness (QED) is 0.802. The Balaban J connectivity index is 2.21. The summed E-state index contributed by atoms with van der Waals surface area (Å²) < 4.78 is 22.9. The van der Waals surface area contributed by atoms with Crippen LogP contribution in [-0.4, -0.2) is 8.42 Å². The van der Waals surface area contributed by atoms with Crippen molar-refractivity contribution in [3.8, 4) is 0 Å². The summed E-state index contributed by atoms with van der Waals surface area (Å²) in [5, 5.41) is 10.2. The van der Waals surface area contributed by atoms with E-state index in [1.807, 2.05) is 17.5 Å². The Morgan fingerprint density at radius 2 is 2.05 bits per heavy atom. The molecule has 0 aliphatic heterocycles. The lowest BCUT2D eigenvalue weighted by molar-refractivity contribution is 0.597. The predicted octanol–water partition coefficient (Wildman–Crippen LogP) is 1.90. The standard InChI is InChI=1S/C12H15N3O2S2/c1-8-2-3-9(6-12(8)19(14,16)17)15-7-11-10(13)4-5-18-11/h2-6,15H,7,13H2,1H3,(H2,14,16,17). The molecular weight excluding hydrogens is 282 g/mol. The third-order valence-corrected chi connectivity index (χ3v) is 4.72. The number of nitrogens with one attached hydrogen (secondary N) is 1. The largest absolute Gasteiger partial charge is 0.398 e. The lowest BCUT2D eigenvalue weighted by atomic mass is 10.2. The smallest absolute Gasteiger partial charge is 0.238 e. The van der Waals surface area contributed by atoms with Crippen molar-refractivity contribution in [3.63, 3.8) is 0 Å². The van der Waals surface area contributed by atoms with Crippen LogP contribution in [0.1, 0.15) is 10.4 Å². The molecule has 1 aromatic carbocycles. The highest BCUT2D eigenvalue weighted by Crippen LogP contribution is 2.22. The van der Waals surface area contributed by atoms with Crippen LogP contribution in [0.2, 0.25) is 0 Å². The molecule has 5 N–H and O–H groups in total. The summed E-state index contributed by atoms with van der Waals surface area (Å²) in [7, 11) is -3.70. The monoisotopic (exact) mass is 297 g/mol. The van der Waals surface area contributed by atoms with E-state index in [2.05, 4.69) is 5.32 Å². The SMILES string of the molecule is Cc1ccc(NCc2sccc2N)cc1S(N)(=O)=O. The number of rotatable bonds is 4. The number of sulfonamides is 1. The molecule has 0 radical (unpaired) electrons. The highest BCUT2D eigenvalue weighted by atomic mass is 32.2. The summed E-state index contributed by atoms with van der Waals surface area (Å²) in [5.41, 5.74) is 7.84. The zero-order valence-electron chi connectivity index (χ0n) is 10.4. The first-order chi connectivity index (χ1) is 8.88. The van der Waals surface area contributed by atoms with Gasteiger partial charge in [0.25, 0.3) is 0 Å². The summed E-state index contributed by atoms with van der Waals surface area (Å²) in [6.07, 6.45) is 0. The molecule has 2 aromatic rings. The molecule has 102 valence electrons. The van der Waals surface area contributed by atoms with Crippen molar-refractivity contribution in [1.29, 1.82) is 0 Å². The van der Waals surface area contributed by atoms with Crippen LogP contribution in [0.4, 0.5) is 11.4 Å². The van der Waals surface area contributed by atoms with E-state index in [1.54, 1.807) is 24.3 Å². The van der Waals surface area contributed by atoms with Crippen LogP contribution in [0.5, 0.6) is 0 Å². The number of nitrogens with two attached hydrogens (primary N) is 2. The molecule has 0 saturated carbocycles. The summed E-state index contributed by atoms with van der Waals surface area (Å²) in [6, 6.07) is 6.91. The Hall–Kier alpha value is -1.57. The zero-order valence-corrected chi connectivity index (χ0v) is 12.0. The normalized spacial score (nSPS) is 11.5. The van der Waals surface area contributed by atoms with Crippen LogP contribution in [0.3, 0.4) is 0 Å². The zero-order chi connectivity index (χ0) is 14.0. The van der Waals surface area contributed by atoms with Crippen LogP contribution < -0.4 is 16.2 Å². The van der Waals surface area contributed by atoms with Gasteiger partial charge < -0.3 is 11.1 Å². The maximum atomic E-state index is 11.4. The van der Waals surface area contributed by atoms with Gasteiger partial charge in [0.05, 0.1) is 11.4 Å². The lowest BCUT2D eigenvalue weighted by Gasteiger charge is -2.09. The number of hydrogen-bond acceptors (Lipinski definition) is 5. The van der Waals surface area contributed by atoms with Crippen molar-refractivity contribution < 1.29 is 8.42 Å². The molecule has 0 aliphatic rings. The van der Waals surface area contributed by atoms with Gasteiger partial charge >= 0.3 is 0 Å². The predicted molar refractivity (Wildman–Crippen MR) is 78.6 cm³/mol. The average molecular weight is 297 g/mol. The van der Waals surface area contributed by atoms with Gasteiger partial charge in [0.1, 0.15) is 0 Å². The van der Waals surface area contributed by atoms with Crippen LogP contribution in [0.25, 0.3) is 0 Å². The van der Waals surface area contributed by atoms with E-state index in [0.29, 0.717) is 17.8 Å². The first-order valence-corrected chi connectivity index (χ1v) is 7.99. The van der Waals surface area contributed by atoms with Gasteiger partial charge in [0.2, 0.25) is 10.0 Å². The molecule has 7 heteroatoms. The Morgan fingerprint density at radius 3 is 2.63 bits per heavy atom. The fraction of sp³-hybridized carbons (Fsp3) is 0.167. The first kappa shape index (κ1) is 13.9. The molecule has 5 nitrogen and oxygen atoms in total. The first-order valence-electron chi connectivity index (χ1n) is 5.57. The van der Waals surface area contributed by atoms with E-state index in [1.165, 1.54) is 6.07 Å². The van der Waals surface area contributed by atoms with Gasteiger partial charge in [-0.05, 0) is 36.1 Å². The summed E-state index contributed by atoms with van der Waals surface area (Å²) in [5.74, 6) is 0. The molecule has 0 amide bonds. The van der Waals surface area contributed by atoms with Gasteiger partial charge in [0, 0.05) is 16.3 Å². The van der Waals surface area contributed by atoms with Crippen molar-refractivity contribution in [2.75, 3.05) is 11.1 Å². The van der Waals surface area contributed by atoms with Gasteiger partial charge in [-0.3, -0.25) is 0 Å². The molecule has 19 heavy (non-hydrogen) atoms. The fourth-order valence-corrected chi connectivity index (χ4v) is 3.24. The fourth-order valence-electron chi connectivity index (χ4n) is 1.69. The highest BCUT2D eigenvalue weighted by Gasteiger charge is 2.12. The van der Waals surface area contributed by atoms with Gasteiger partial charge in [-0.1, -0.05) is 6.07 Å². The molecule has 0 unspecified atom stereocenters. The van der Waals surface area contributed by atoms with Crippen LogP contribution in [0.15, 0.2) is 34.5 Å². The van der Waals surface area contributed by atoms with E-state index < -0.39 is 10.0 Å². The molecule has 1 aromatic heterocycles. The minimum absolute atomic E-state index is 0.136. The number of hydrogen-bond donors (Lipinski definition) is 3. The number of primary sulfonamides is 1. The third kappa shape index (κ3) is 3.25. The van der Waals surface area contributed by atoms with Crippen molar-refractivity contribution in [3.05, 3.63) is 40.1 Å². The minimum Gasteiger partial charge on any atom is -0.398 e. The highest BCUT2D eigenvalue weighted by molar-refractivity contribution is 7.89. The second-order valence-corrected chi connectivity index (χ2v) is 6.71. The number of anilines is 2. The van der Waals surface area contributed by atoms with Crippen molar-refractivity contribution >= 4 is 32.7 Å². The Kier molecular flexibility index (Phi) is 3.79. The molecule has 0 aliphatic carbocycles. The third-order valence-electron chi connectivity index (χ3n) is 2.73. The molecule has 0 spiro atoms. The minimum atomic E-state index is -3.70. The average Bonchev–Trinajstić information content (AvgIpc) is 2.72. The maximum Gasteiger partial charge on any atom is 0.238 e. The Bertz CT molecular complexity index is 693. The van der Waals surface area contributed by atoms with Crippen molar-refractivity contribution in [2.24, 2.45) is 5.14 Å². The van der Waals surface area contributed by atoms with E-state index >= 15 is 0 Å². The molecule has 0 saturated heterocycles. The summed E-state index contributed by atoms with van der Waals surface area (Å²) >= 11 is 1.55. The van der Waals surface area contributed by atoms with E-state index in [0.717, 1.165) is 10.6 Å².